The van der Waals surface area contributed by atoms with Crippen molar-refractivity contribution in [1.29, 1.82) is 0 Å². The number of carbonyl (C=O) groups is 1. The predicted octanol–water partition coefficient (Wildman–Crippen LogP) is 2.47. The number of nitrogens with zero attached hydrogens (tertiary/aromatic N) is 2. The maximum absolute atomic E-state index is 12.5. The fourth-order valence-corrected chi connectivity index (χ4v) is 3.73. The Bertz CT molecular complexity index is 453. The van der Waals surface area contributed by atoms with Gasteiger partial charge in [-0.25, -0.2) is 0 Å². The number of carbonyl (C=O) groups excluding carboxylic acids is 1. The molecule has 3 nitrogen and oxygen atoms in total. The number of benzene rings is 1. The van der Waals surface area contributed by atoms with Crippen molar-refractivity contribution < 1.29 is 4.79 Å². The molecule has 108 valence electrons. The van der Waals surface area contributed by atoms with Crippen LogP contribution in [-0.4, -0.2) is 53.2 Å². The van der Waals surface area contributed by atoms with E-state index >= 15 is 0 Å². The molecular formula is C16H22N2OS. The van der Waals surface area contributed by atoms with E-state index in [9.17, 15) is 4.79 Å². The van der Waals surface area contributed by atoms with Gasteiger partial charge in [0.1, 0.15) is 0 Å². The molecule has 0 spiro atoms. The highest BCUT2D eigenvalue weighted by atomic mass is 32.2. The Morgan fingerprint density at radius 1 is 1.15 bits per heavy atom. The molecule has 0 aromatic heterocycles. The van der Waals surface area contributed by atoms with E-state index in [-0.39, 0.29) is 11.2 Å². The lowest BCUT2D eigenvalue weighted by atomic mass is 10.3. The molecule has 1 atom stereocenters. The van der Waals surface area contributed by atoms with Crippen LogP contribution in [-0.2, 0) is 4.79 Å². The SMILES string of the molecule is CC(Sc1ccccc1)C(=O)N1CCN(C2CC2)CC1. The van der Waals surface area contributed by atoms with Crippen LogP contribution >= 0.6 is 11.8 Å². The van der Waals surface area contributed by atoms with Gasteiger partial charge < -0.3 is 4.90 Å². The summed E-state index contributed by atoms with van der Waals surface area (Å²) < 4.78 is 0. The van der Waals surface area contributed by atoms with Gasteiger partial charge >= 0.3 is 0 Å². The third kappa shape index (κ3) is 3.36. The molecule has 1 amide bonds. The van der Waals surface area contributed by atoms with E-state index in [1.54, 1.807) is 11.8 Å². The first-order chi connectivity index (χ1) is 9.74. The minimum Gasteiger partial charge on any atom is -0.339 e. The molecule has 1 aromatic carbocycles. The van der Waals surface area contributed by atoms with Gasteiger partial charge in [-0.05, 0) is 31.9 Å². The van der Waals surface area contributed by atoms with Crippen molar-refractivity contribution in [1.82, 2.24) is 9.80 Å². The second-order valence-electron chi connectivity index (χ2n) is 5.67. The average Bonchev–Trinajstić information content (AvgIpc) is 3.32. The molecule has 1 aromatic rings. The monoisotopic (exact) mass is 290 g/mol. The molecule has 1 aliphatic carbocycles. The lowest BCUT2D eigenvalue weighted by Gasteiger charge is -2.36. The fourth-order valence-electron chi connectivity index (χ4n) is 2.76. The van der Waals surface area contributed by atoms with Gasteiger partial charge in [-0.1, -0.05) is 18.2 Å². The Morgan fingerprint density at radius 2 is 1.80 bits per heavy atom. The summed E-state index contributed by atoms with van der Waals surface area (Å²) in [7, 11) is 0. The lowest BCUT2D eigenvalue weighted by molar-refractivity contribution is -0.132. The van der Waals surface area contributed by atoms with Gasteiger partial charge in [-0.3, -0.25) is 9.69 Å². The second-order valence-corrected chi connectivity index (χ2v) is 7.08. The molecule has 0 radical (unpaired) electrons. The summed E-state index contributed by atoms with van der Waals surface area (Å²) in [5.74, 6) is 0.286. The number of hydrogen-bond acceptors (Lipinski definition) is 3. The molecule has 1 aliphatic heterocycles. The molecule has 2 aliphatic rings. The first-order valence-corrected chi connectivity index (χ1v) is 8.36. The second kappa shape index (κ2) is 6.19. The largest absolute Gasteiger partial charge is 0.339 e. The minimum atomic E-state index is 0.00451. The molecule has 1 unspecified atom stereocenters. The van der Waals surface area contributed by atoms with Crippen molar-refractivity contribution >= 4 is 17.7 Å². The van der Waals surface area contributed by atoms with E-state index in [1.807, 2.05) is 30.0 Å². The highest BCUT2D eigenvalue weighted by molar-refractivity contribution is 8.00. The van der Waals surface area contributed by atoms with Crippen LogP contribution in [0.2, 0.25) is 0 Å². The van der Waals surface area contributed by atoms with E-state index in [4.69, 9.17) is 0 Å². The molecule has 4 heteroatoms. The number of rotatable bonds is 4. The Hall–Kier alpha value is -1.00. The van der Waals surface area contributed by atoms with Crippen LogP contribution in [0.4, 0.5) is 0 Å². The highest BCUT2D eigenvalue weighted by Crippen LogP contribution is 2.28. The molecule has 1 saturated heterocycles. The van der Waals surface area contributed by atoms with Crippen LogP contribution in [0.25, 0.3) is 0 Å². The number of piperazine rings is 1. The Kier molecular flexibility index (Phi) is 4.32. The summed E-state index contributed by atoms with van der Waals surface area (Å²) >= 11 is 1.66. The summed E-state index contributed by atoms with van der Waals surface area (Å²) in [5, 5.41) is 0.00451. The Labute approximate surface area is 125 Å². The van der Waals surface area contributed by atoms with Crippen molar-refractivity contribution in [3.05, 3.63) is 30.3 Å². The molecule has 1 heterocycles. The maximum atomic E-state index is 12.5. The van der Waals surface area contributed by atoms with E-state index < -0.39 is 0 Å². The van der Waals surface area contributed by atoms with Gasteiger partial charge in [0.15, 0.2) is 0 Å². The van der Waals surface area contributed by atoms with Crippen molar-refractivity contribution in [2.45, 2.75) is 36.0 Å². The summed E-state index contributed by atoms with van der Waals surface area (Å²) in [6.45, 7) is 5.93. The number of amides is 1. The summed E-state index contributed by atoms with van der Waals surface area (Å²) in [4.78, 5) is 18.2. The molecule has 0 N–H and O–H groups in total. The van der Waals surface area contributed by atoms with E-state index in [1.165, 1.54) is 17.7 Å². The van der Waals surface area contributed by atoms with Crippen molar-refractivity contribution in [2.75, 3.05) is 26.2 Å². The Morgan fingerprint density at radius 3 is 2.40 bits per heavy atom. The highest BCUT2D eigenvalue weighted by Gasteiger charge is 2.33. The first kappa shape index (κ1) is 14.0. The van der Waals surface area contributed by atoms with Crippen molar-refractivity contribution in [3.63, 3.8) is 0 Å². The lowest BCUT2D eigenvalue weighted by Crippen LogP contribution is -2.51. The third-order valence-electron chi connectivity index (χ3n) is 4.09. The summed E-state index contributed by atoms with van der Waals surface area (Å²) in [6, 6.07) is 11.0. The summed E-state index contributed by atoms with van der Waals surface area (Å²) in [5.41, 5.74) is 0. The molecule has 20 heavy (non-hydrogen) atoms. The van der Waals surface area contributed by atoms with Gasteiger partial charge in [0.05, 0.1) is 5.25 Å². The Balaban J connectivity index is 1.50. The quantitative estimate of drug-likeness (QED) is 0.796. The number of thioether (sulfide) groups is 1. The van der Waals surface area contributed by atoms with Gasteiger partial charge in [0.25, 0.3) is 0 Å². The van der Waals surface area contributed by atoms with Crippen LogP contribution < -0.4 is 0 Å². The smallest absolute Gasteiger partial charge is 0.235 e. The van der Waals surface area contributed by atoms with E-state index in [2.05, 4.69) is 17.0 Å². The standard InChI is InChI=1S/C16H22N2OS/c1-13(20-15-5-3-2-4-6-15)16(19)18-11-9-17(10-12-18)14-7-8-14/h2-6,13-14H,7-12H2,1H3. The minimum absolute atomic E-state index is 0.00451. The van der Waals surface area contributed by atoms with E-state index in [0.717, 1.165) is 32.2 Å². The fraction of sp³-hybridized carbons (Fsp3) is 0.562. The molecule has 0 bridgehead atoms. The van der Waals surface area contributed by atoms with Crippen molar-refractivity contribution in [3.8, 4) is 0 Å². The zero-order chi connectivity index (χ0) is 13.9. The molecule has 3 rings (SSSR count). The van der Waals surface area contributed by atoms with Crippen LogP contribution in [0.1, 0.15) is 19.8 Å². The topological polar surface area (TPSA) is 23.6 Å². The molecule has 1 saturated carbocycles. The zero-order valence-electron chi connectivity index (χ0n) is 12.0. The van der Waals surface area contributed by atoms with Crippen molar-refractivity contribution in [2.24, 2.45) is 0 Å². The molecular weight excluding hydrogens is 268 g/mol. The van der Waals surface area contributed by atoms with E-state index in [0.29, 0.717) is 0 Å². The summed E-state index contributed by atoms with van der Waals surface area (Å²) in [6.07, 6.45) is 2.71. The maximum Gasteiger partial charge on any atom is 0.235 e. The van der Waals surface area contributed by atoms with Gasteiger partial charge in [0.2, 0.25) is 5.91 Å². The normalized spacial score (nSPS) is 21.8. The van der Waals surface area contributed by atoms with Crippen LogP contribution in [0.3, 0.4) is 0 Å². The van der Waals surface area contributed by atoms with Gasteiger partial charge in [-0.15, -0.1) is 11.8 Å². The van der Waals surface area contributed by atoms with Crippen LogP contribution in [0, 0.1) is 0 Å². The molecule has 2 fully saturated rings. The van der Waals surface area contributed by atoms with Crippen LogP contribution in [0.15, 0.2) is 35.2 Å². The predicted molar refractivity (Wildman–Crippen MR) is 82.9 cm³/mol. The first-order valence-electron chi connectivity index (χ1n) is 7.48. The average molecular weight is 290 g/mol. The van der Waals surface area contributed by atoms with Gasteiger partial charge in [-0.2, -0.15) is 0 Å². The third-order valence-corrected chi connectivity index (χ3v) is 5.19. The van der Waals surface area contributed by atoms with Gasteiger partial charge in [0, 0.05) is 37.1 Å². The number of hydrogen-bond donors (Lipinski definition) is 0. The zero-order valence-corrected chi connectivity index (χ0v) is 12.8. The van der Waals surface area contributed by atoms with Crippen LogP contribution in [0.5, 0.6) is 0 Å².